The van der Waals surface area contributed by atoms with Crippen LogP contribution in [0, 0.1) is 40.4 Å². The fraction of sp³-hybridized carbons (Fsp3) is 0.964. The monoisotopic (exact) mass is 460 g/mol. The van der Waals surface area contributed by atoms with Crippen molar-refractivity contribution in [1.29, 1.82) is 0 Å². The molecule has 0 bridgehead atoms. The molecule has 0 radical (unpaired) electrons. The third kappa shape index (κ3) is 3.67. The summed E-state index contributed by atoms with van der Waals surface area (Å²) in [5.74, 6) is 2.99. The first-order chi connectivity index (χ1) is 15.9. The number of ether oxygens (including phenoxy) is 4. The highest BCUT2D eigenvalue weighted by Crippen LogP contribution is 2.68. The summed E-state index contributed by atoms with van der Waals surface area (Å²) < 4.78 is 25.4. The van der Waals surface area contributed by atoms with Crippen LogP contribution in [0.1, 0.15) is 85.0 Å². The van der Waals surface area contributed by atoms with E-state index in [4.69, 9.17) is 18.9 Å². The third-order valence-corrected chi connectivity index (χ3v) is 11.3. The van der Waals surface area contributed by atoms with Crippen molar-refractivity contribution in [3.63, 3.8) is 0 Å². The van der Waals surface area contributed by atoms with Crippen LogP contribution in [0.3, 0.4) is 0 Å². The molecule has 6 fully saturated rings. The van der Waals surface area contributed by atoms with Crippen LogP contribution in [0.25, 0.3) is 0 Å². The molecule has 0 amide bonds. The van der Waals surface area contributed by atoms with Gasteiger partial charge in [0, 0.05) is 12.5 Å². The van der Waals surface area contributed by atoms with Crippen molar-refractivity contribution in [1.82, 2.24) is 0 Å². The SMILES string of the molecule is CC(=O)[C@H]1CC[C@H]2[C@@H]3[C@@H](OC4CCCCO4)C[C@H]4CC5OCCOC5C[C@]4(C)[C@H]3CC[C@]12C. The second-order valence-corrected chi connectivity index (χ2v) is 12.7. The van der Waals surface area contributed by atoms with Gasteiger partial charge in [-0.1, -0.05) is 13.8 Å². The number of hydrogen-bond acceptors (Lipinski definition) is 5. The Morgan fingerprint density at radius 2 is 1.64 bits per heavy atom. The minimum atomic E-state index is -0.0439. The van der Waals surface area contributed by atoms with E-state index in [-0.39, 0.29) is 41.3 Å². The van der Waals surface area contributed by atoms with Crippen LogP contribution in [0.4, 0.5) is 0 Å². The van der Waals surface area contributed by atoms with Crippen molar-refractivity contribution in [2.24, 2.45) is 40.4 Å². The van der Waals surface area contributed by atoms with Gasteiger partial charge in [-0.2, -0.15) is 0 Å². The normalized spacial score (nSPS) is 54.0. The van der Waals surface area contributed by atoms with Gasteiger partial charge in [0.2, 0.25) is 0 Å². The Morgan fingerprint density at radius 3 is 2.39 bits per heavy atom. The average Bonchev–Trinajstić information content (AvgIpc) is 3.16. The highest BCUT2D eigenvalue weighted by Gasteiger charge is 2.65. The van der Waals surface area contributed by atoms with E-state index in [0.29, 0.717) is 29.5 Å². The molecule has 5 nitrogen and oxygen atoms in total. The maximum Gasteiger partial charge on any atom is 0.157 e. The van der Waals surface area contributed by atoms with Gasteiger partial charge in [-0.25, -0.2) is 0 Å². The van der Waals surface area contributed by atoms with E-state index in [1.165, 1.54) is 25.7 Å². The largest absolute Gasteiger partial charge is 0.373 e. The Kier molecular flexibility index (Phi) is 5.96. The first kappa shape index (κ1) is 22.9. The Balaban J connectivity index is 1.33. The van der Waals surface area contributed by atoms with Crippen LogP contribution >= 0.6 is 0 Å². The molecule has 0 aromatic heterocycles. The maximum atomic E-state index is 12.6. The van der Waals surface area contributed by atoms with Gasteiger partial charge in [0.25, 0.3) is 0 Å². The summed E-state index contributed by atoms with van der Waals surface area (Å²) >= 11 is 0. The van der Waals surface area contributed by atoms with Crippen molar-refractivity contribution in [3.05, 3.63) is 0 Å². The molecule has 0 N–H and O–H groups in total. The standard InChI is InChI=1S/C28H44O5/c1-17(29)19-7-8-20-26-21(9-10-27(19,20)2)28(3)16-24-22(30-12-13-31-24)14-18(28)15-23(26)33-25-6-4-5-11-32-25/h18-26H,4-16H2,1-3H3/t18-,19-,20+,21+,22?,23+,24?,25?,26+,27-,28+/m1/s1. The maximum absolute atomic E-state index is 12.6. The van der Waals surface area contributed by atoms with Gasteiger partial charge in [-0.15, -0.1) is 0 Å². The molecule has 2 saturated heterocycles. The van der Waals surface area contributed by atoms with Gasteiger partial charge < -0.3 is 18.9 Å². The van der Waals surface area contributed by atoms with Crippen molar-refractivity contribution in [3.8, 4) is 0 Å². The van der Waals surface area contributed by atoms with Crippen molar-refractivity contribution in [2.75, 3.05) is 19.8 Å². The summed E-state index contributed by atoms with van der Waals surface area (Å²) in [6.07, 6.45) is 12.1. The van der Waals surface area contributed by atoms with E-state index in [9.17, 15) is 4.79 Å². The number of Topliss-reactive ketones (excluding diaryl/α,β-unsaturated/α-hetero) is 1. The van der Waals surface area contributed by atoms with Gasteiger partial charge in [0.1, 0.15) is 5.78 Å². The highest BCUT2D eigenvalue weighted by molar-refractivity contribution is 5.79. The summed E-state index contributed by atoms with van der Waals surface area (Å²) in [7, 11) is 0. The summed E-state index contributed by atoms with van der Waals surface area (Å²) in [5.41, 5.74) is 0.405. The Morgan fingerprint density at radius 1 is 0.848 bits per heavy atom. The lowest BCUT2D eigenvalue weighted by atomic mass is 9.43. The molecule has 186 valence electrons. The molecule has 11 atom stereocenters. The Hall–Kier alpha value is -0.490. The predicted molar refractivity (Wildman–Crippen MR) is 125 cm³/mol. The molecule has 4 saturated carbocycles. The number of carbonyl (C=O) groups excluding carboxylic acids is 1. The minimum Gasteiger partial charge on any atom is -0.373 e. The summed E-state index contributed by atoms with van der Waals surface area (Å²) in [5, 5.41) is 0. The van der Waals surface area contributed by atoms with Crippen molar-refractivity contribution >= 4 is 5.78 Å². The molecule has 3 unspecified atom stereocenters. The van der Waals surface area contributed by atoms with Crippen LogP contribution in [-0.2, 0) is 23.7 Å². The van der Waals surface area contributed by atoms with E-state index in [1.807, 2.05) is 6.92 Å². The molecule has 6 rings (SSSR count). The average molecular weight is 461 g/mol. The van der Waals surface area contributed by atoms with Crippen LogP contribution in [-0.4, -0.2) is 50.2 Å². The second-order valence-electron chi connectivity index (χ2n) is 12.7. The number of rotatable bonds is 3. The molecule has 0 spiro atoms. The molecular weight excluding hydrogens is 416 g/mol. The minimum absolute atomic E-state index is 0.0439. The lowest BCUT2D eigenvalue weighted by Crippen LogP contribution is -2.62. The molecule has 2 heterocycles. The van der Waals surface area contributed by atoms with E-state index in [0.717, 1.165) is 58.3 Å². The molecule has 2 aliphatic heterocycles. The van der Waals surface area contributed by atoms with Gasteiger partial charge >= 0.3 is 0 Å². The fourth-order valence-electron chi connectivity index (χ4n) is 9.74. The molecule has 4 aliphatic carbocycles. The summed E-state index contributed by atoms with van der Waals surface area (Å²) in [6.45, 7) is 9.13. The third-order valence-electron chi connectivity index (χ3n) is 11.3. The topological polar surface area (TPSA) is 54.0 Å². The molecular formula is C28H44O5. The van der Waals surface area contributed by atoms with Crippen molar-refractivity contribution in [2.45, 2.75) is 110 Å². The van der Waals surface area contributed by atoms with E-state index in [2.05, 4.69) is 13.8 Å². The lowest BCUT2D eigenvalue weighted by molar-refractivity contribution is -0.266. The fourth-order valence-corrected chi connectivity index (χ4v) is 9.74. The lowest BCUT2D eigenvalue weighted by Gasteiger charge is -2.64. The molecule has 33 heavy (non-hydrogen) atoms. The predicted octanol–water partition coefficient (Wildman–Crippen LogP) is 5.15. The van der Waals surface area contributed by atoms with E-state index in [1.54, 1.807) is 0 Å². The zero-order valence-electron chi connectivity index (χ0n) is 20.9. The van der Waals surface area contributed by atoms with Crippen molar-refractivity contribution < 1.29 is 23.7 Å². The van der Waals surface area contributed by atoms with Gasteiger partial charge in [-0.3, -0.25) is 4.79 Å². The summed E-state index contributed by atoms with van der Waals surface area (Å²) in [6, 6.07) is 0. The number of hydrogen-bond donors (Lipinski definition) is 0. The molecule has 5 heteroatoms. The molecule has 0 aromatic carbocycles. The Labute approximate surface area is 199 Å². The van der Waals surface area contributed by atoms with E-state index < -0.39 is 0 Å². The number of carbonyl (C=O) groups is 1. The second kappa shape index (κ2) is 8.57. The molecule has 0 aromatic rings. The Bertz CT molecular complexity index is 749. The van der Waals surface area contributed by atoms with Crippen LogP contribution in [0.5, 0.6) is 0 Å². The zero-order valence-corrected chi connectivity index (χ0v) is 20.9. The van der Waals surface area contributed by atoms with Gasteiger partial charge in [0.05, 0.1) is 31.5 Å². The smallest absolute Gasteiger partial charge is 0.157 e. The zero-order chi connectivity index (χ0) is 22.8. The quantitative estimate of drug-likeness (QED) is 0.545. The summed E-state index contributed by atoms with van der Waals surface area (Å²) in [4.78, 5) is 12.6. The highest BCUT2D eigenvalue weighted by atomic mass is 16.7. The van der Waals surface area contributed by atoms with E-state index >= 15 is 0 Å². The first-order valence-corrected chi connectivity index (χ1v) is 13.9. The number of fused-ring (bicyclic) bond motifs is 6. The van der Waals surface area contributed by atoms with Crippen LogP contribution < -0.4 is 0 Å². The van der Waals surface area contributed by atoms with Crippen LogP contribution in [0.2, 0.25) is 0 Å². The number of ketones is 1. The van der Waals surface area contributed by atoms with Gasteiger partial charge in [0.15, 0.2) is 6.29 Å². The first-order valence-electron chi connectivity index (χ1n) is 13.9. The van der Waals surface area contributed by atoms with Crippen LogP contribution in [0.15, 0.2) is 0 Å². The molecule has 6 aliphatic rings. The van der Waals surface area contributed by atoms with Gasteiger partial charge in [-0.05, 0) is 106 Å².